The first-order valence-corrected chi connectivity index (χ1v) is 4.59. The zero-order valence-electron chi connectivity index (χ0n) is 7.42. The van der Waals surface area contributed by atoms with Crippen molar-refractivity contribution < 1.29 is 4.74 Å². The second kappa shape index (κ2) is 6.24. The predicted octanol–water partition coefficient (Wildman–Crippen LogP) is 2.38. The largest absolute Gasteiger partial charge is 0.496 e. The van der Waals surface area contributed by atoms with Crippen LogP contribution in [0.15, 0.2) is 22.7 Å². The summed E-state index contributed by atoms with van der Waals surface area (Å²) in [5.41, 5.74) is 6.61. The summed E-state index contributed by atoms with van der Waals surface area (Å²) < 4.78 is 6.24. The first kappa shape index (κ1) is 12.8. The van der Waals surface area contributed by atoms with Crippen LogP contribution in [0.4, 0.5) is 0 Å². The molecule has 13 heavy (non-hydrogen) atoms. The van der Waals surface area contributed by atoms with Crippen LogP contribution in [0.3, 0.4) is 0 Å². The van der Waals surface area contributed by atoms with Crippen LogP contribution in [0.5, 0.6) is 5.75 Å². The lowest BCUT2D eigenvalue weighted by atomic mass is 10.1. The molecule has 0 radical (unpaired) electrons. The maximum absolute atomic E-state index is 5.46. The van der Waals surface area contributed by atoms with Crippen molar-refractivity contribution in [2.24, 2.45) is 5.73 Å². The van der Waals surface area contributed by atoms with Crippen LogP contribution >= 0.6 is 28.3 Å². The van der Waals surface area contributed by atoms with E-state index in [1.165, 1.54) is 0 Å². The second-order valence-corrected chi connectivity index (χ2v) is 3.41. The summed E-state index contributed by atoms with van der Waals surface area (Å²) in [7, 11) is 1.67. The molecule has 1 rings (SSSR count). The second-order valence-electron chi connectivity index (χ2n) is 2.49. The van der Waals surface area contributed by atoms with Crippen LogP contribution in [0.1, 0.15) is 5.56 Å². The molecule has 0 atom stereocenters. The van der Waals surface area contributed by atoms with Crippen LogP contribution in [-0.4, -0.2) is 13.7 Å². The van der Waals surface area contributed by atoms with Crippen LogP contribution in [0.2, 0.25) is 0 Å². The number of rotatable bonds is 3. The van der Waals surface area contributed by atoms with E-state index in [2.05, 4.69) is 15.9 Å². The van der Waals surface area contributed by atoms with E-state index in [0.717, 1.165) is 22.2 Å². The van der Waals surface area contributed by atoms with Crippen molar-refractivity contribution in [2.75, 3.05) is 13.7 Å². The molecule has 0 saturated carbocycles. The maximum Gasteiger partial charge on any atom is 0.122 e. The van der Waals surface area contributed by atoms with Crippen molar-refractivity contribution >= 4 is 28.3 Å². The fraction of sp³-hybridized carbons (Fsp3) is 0.333. The highest BCUT2D eigenvalue weighted by Crippen LogP contribution is 2.22. The van der Waals surface area contributed by atoms with Crippen molar-refractivity contribution in [3.63, 3.8) is 0 Å². The minimum absolute atomic E-state index is 0. The molecule has 1 aromatic carbocycles. The van der Waals surface area contributed by atoms with Crippen LogP contribution in [0, 0.1) is 0 Å². The predicted molar refractivity (Wildman–Crippen MR) is 60.7 cm³/mol. The van der Waals surface area contributed by atoms with E-state index in [9.17, 15) is 0 Å². The average molecular weight is 267 g/mol. The van der Waals surface area contributed by atoms with E-state index in [1.807, 2.05) is 18.2 Å². The van der Waals surface area contributed by atoms with Gasteiger partial charge in [0.1, 0.15) is 5.75 Å². The number of halogens is 2. The zero-order chi connectivity index (χ0) is 8.97. The Morgan fingerprint density at radius 2 is 2.15 bits per heavy atom. The Balaban J connectivity index is 0.00000144. The topological polar surface area (TPSA) is 35.2 Å². The molecule has 0 aliphatic carbocycles. The van der Waals surface area contributed by atoms with Gasteiger partial charge in [-0.2, -0.15) is 0 Å². The molecular formula is C9H13BrClNO. The normalized spacial score (nSPS) is 9.15. The van der Waals surface area contributed by atoms with Crippen molar-refractivity contribution in [2.45, 2.75) is 6.42 Å². The van der Waals surface area contributed by atoms with E-state index in [4.69, 9.17) is 10.5 Å². The Labute approximate surface area is 93.0 Å². The van der Waals surface area contributed by atoms with Crippen LogP contribution < -0.4 is 10.5 Å². The summed E-state index contributed by atoms with van der Waals surface area (Å²) in [6, 6.07) is 5.93. The molecule has 1 aromatic rings. The number of nitrogens with two attached hydrogens (primary N) is 1. The Bertz CT molecular complexity index is 268. The Morgan fingerprint density at radius 3 is 2.69 bits per heavy atom. The Hall–Kier alpha value is -0.250. The van der Waals surface area contributed by atoms with Crippen LogP contribution in [-0.2, 0) is 6.42 Å². The minimum Gasteiger partial charge on any atom is -0.496 e. The lowest BCUT2D eigenvalue weighted by Crippen LogP contribution is -2.04. The first-order chi connectivity index (χ1) is 5.77. The van der Waals surface area contributed by atoms with Gasteiger partial charge in [0.15, 0.2) is 0 Å². The van der Waals surface area contributed by atoms with E-state index in [0.29, 0.717) is 6.54 Å². The highest BCUT2D eigenvalue weighted by atomic mass is 79.9. The molecule has 0 bridgehead atoms. The fourth-order valence-electron chi connectivity index (χ4n) is 1.10. The average Bonchev–Trinajstić information content (AvgIpc) is 2.05. The van der Waals surface area contributed by atoms with E-state index >= 15 is 0 Å². The molecule has 0 spiro atoms. The smallest absolute Gasteiger partial charge is 0.122 e. The molecule has 0 aliphatic rings. The van der Waals surface area contributed by atoms with Gasteiger partial charge in [0.25, 0.3) is 0 Å². The quantitative estimate of drug-likeness (QED) is 0.912. The number of ether oxygens (including phenoxy) is 1. The summed E-state index contributed by atoms with van der Waals surface area (Å²) in [6.45, 7) is 0.646. The fourth-order valence-corrected chi connectivity index (χ4v) is 1.51. The molecule has 0 heterocycles. The standard InChI is InChI=1S/C9H12BrNO.ClH/c1-12-9-3-2-8(10)6-7(9)4-5-11;/h2-3,6H,4-5,11H2,1H3;1H. The van der Waals surface area contributed by atoms with E-state index < -0.39 is 0 Å². The van der Waals surface area contributed by atoms with Crippen molar-refractivity contribution in [3.05, 3.63) is 28.2 Å². The van der Waals surface area contributed by atoms with E-state index in [1.54, 1.807) is 7.11 Å². The van der Waals surface area contributed by atoms with Gasteiger partial charge in [-0.15, -0.1) is 12.4 Å². The Kier molecular flexibility index (Phi) is 6.12. The van der Waals surface area contributed by atoms with Crippen LogP contribution in [0.25, 0.3) is 0 Å². The van der Waals surface area contributed by atoms with Crippen molar-refractivity contribution in [1.82, 2.24) is 0 Å². The number of benzene rings is 1. The highest BCUT2D eigenvalue weighted by Gasteiger charge is 2.01. The number of methoxy groups -OCH3 is 1. The molecule has 0 saturated heterocycles. The third kappa shape index (κ3) is 3.55. The third-order valence-corrected chi connectivity index (χ3v) is 2.15. The molecule has 0 amide bonds. The lowest BCUT2D eigenvalue weighted by molar-refractivity contribution is 0.409. The highest BCUT2D eigenvalue weighted by molar-refractivity contribution is 9.10. The lowest BCUT2D eigenvalue weighted by Gasteiger charge is -2.07. The van der Waals surface area contributed by atoms with Gasteiger partial charge in [0, 0.05) is 4.47 Å². The van der Waals surface area contributed by atoms with E-state index in [-0.39, 0.29) is 12.4 Å². The van der Waals surface area contributed by atoms with Gasteiger partial charge in [-0.1, -0.05) is 15.9 Å². The van der Waals surface area contributed by atoms with Gasteiger partial charge in [-0.25, -0.2) is 0 Å². The number of hydrogen-bond acceptors (Lipinski definition) is 2. The van der Waals surface area contributed by atoms with Gasteiger partial charge in [-0.05, 0) is 36.7 Å². The van der Waals surface area contributed by atoms with Crippen molar-refractivity contribution in [3.8, 4) is 5.75 Å². The summed E-state index contributed by atoms with van der Waals surface area (Å²) >= 11 is 3.40. The molecule has 0 unspecified atom stereocenters. The summed E-state index contributed by atoms with van der Waals surface area (Å²) in [4.78, 5) is 0. The van der Waals surface area contributed by atoms with Crippen molar-refractivity contribution in [1.29, 1.82) is 0 Å². The molecule has 2 N–H and O–H groups in total. The maximum atomic E-state index is 5.46. The zero-order valence-corrected chi connectivity index (χ0v) is 9.82. The SMILES string of the molecule is COc1ccc(Br)cc1CCN.Cl. The van der Waals surface area contributed by atoms with Gasteiger partial charge in [0.2, 0.25) is 0 Å². The third-order valence-electron chi connectivity index (χ3n) is 1.66. The molecule has 0 aromatic heterocycles. The monoisotopic (exact) mass is 265 g/mol. The van der Waals surface area contributed by atoms with Gasteiger partial charge < -0.3 is 10.5 Å². The summed E-state index contributed by atoms with van der Waals surface area (Å²) in [5.74, 6) is 0.906. The molecule has 0 fully saturated rings. The Morgan fingerprint density at radius 1 is 1.46 bits per heavy atom. The first-order valence-electron chi connectivity index (χ1n) is 3.80. The molecule has 2 nitrogen and oxygen atoms in total. The van der Waals surface area contributed by atoms with Gasteiger partial charge >= 0.3 is 0 Å². The minimum atomic E-state index is 0. The molecule has 0 aliphatic heterocycles. The van der Waals surface area contributed by atoms with Gasteiger partial charge in [0.05, 0.1) is 7.11 Å². The summed E-state index contributed by atoms with van der Waals surface area (Å²) in [6.07, 6.45) is 0.850. The molecular weight excluding hydrogens is 253 g/mol. The number of hydrogen-bond donors (Lipinski definition) is 1. The molecule has 74 valence electrons. The molecule has 4 heteroatoms. The summed E-state index contributed by atoms with van der Waals surface area (Å²) in [5, 5.41) is 0. The van der Waals surface area contributed by atoms with Gasteiger partial charge in [-0.3, -0.25) is 0 Å².